The molecular formula is C18H27N3O2. The molecule has 126 valence electrons. The summed E-state index contributed by atoms with van der Waals surface area (Å²) in [4.78, 5) is 16.9. The first-order chi connectivity index (χ1) is 11.1. The number of hydrogen-bond acceptors (Lipinski definition) is 3. The van der Waals surface area contributed by atoms with Crippen molar-refractivity contribution in [3.63, 3.8) is 0 Å². The summed E-state index contributed by atoms with van der Waals surface area (Å²) in [5.74, 6) is 0.482. The van der Waals surface area contributed by atoms with E-state index < -0.39 is 0 Å². The lowest BCUT2D eigenvalue weighted by molar-refractivity contribution is 0.167. The summed E-state index contributed by atoms with van der Waals surface area (Å²) < 4.78 is 5.45. The molecule has 1 heterocycles. The zero-order valence-electron chi connectivity index (χ0n) is 14.3. The van der Waals surface area contributed by atoms with Crippen LogP contribution in [0.2, 0.25) is 0 Å². The maximum absolute atomic E-state index is 12.8. The number of nitrogens with zero attached hydrogens (tertiary/aromatic N) is 2. The number of carbonyl (C=O) groups excluding carboxylic acids is 1. The molecule has 1 atom stereocenters. The van der Waals surface area contributed by atoms with Gasteiger partial charge in [0.05, 0.1) is 6.61 Å². The maximum Gasteiger partial charge on any atom is 0.322 e. The lowest BCUT2D eigenvalue weighted by atomic mass is 10.1. The van der Waals surface area contributed by atoms with Crippen LogP contribution < -0.4 is 10.2 Å². The Bertz CT molecular complexity index is 563. The molecule has 1 aromatic rings. The van der Waals surface area contributed by atoms with Crippen LogP contribution in [-0.4, -0.2) is 50.8 Å². The number of benzene rings is 1. The molecule has 0 radical (unpaired) electrons. The van der Waals surface area contributed by atoms with Gasteiger partial charge in [0.2, 0.25) is 0 Å². The van der Waals surface area contributed by atoms with Crippen LogP contribution in [-0.2, 0) is 4.74 Å². The van der Waals surface area contributed by atoms with E-state index in [4.69, 9.17) is 4.74 Å². The molecule has 0 aromatic heterocycles. The highest BCUT2D eigenvalue weighted by Gasteiger charge is 2.35. The lowest BCUT2D eigenvalue weighted by Crippen LogP contribution is -2.40. The predicted octanol–water partition coefficient (Wildman–Crippen LogP) is 3.09. The van der Waals surface area contributed by atoms with Crippen molar-refractivity contribution in [1.29, 1.82) is 0 Å². The van der Waals surface area contributed by atoms with Crippen LogP contribution >= 0.6 is 0 Å². The average Bonchev–Trinajstić information content (AvgIpc) is 3.22. The van der Waals surface area contributed by atoms with Crippen LogP contribution in [0.1, 0.15) is 24.8 Å². The zero-order chi connectivity index (χ0) is 16.4. The smallest absolute Gasteiger partial charge is 0.322 e. The fourth-order valence-corrected chi connectivity index (χ4v) is 3.22. The molecule has 3 rings (SSSR count). The van der Waals surface area contributed by atoms with E-state index >= 15 is 0 Å². The number of amides is 2. The Morgan fingerprint density at radius 1 is 1.30 bits per heavy atom. The molecule has 23 heavy (non-hydrogen) atoms. The third-order valence-electron chi connectivity index (χ3n) is 4.76. The van der Waals surface area contributed by atoms with E-state index in [0.717, 1.165) is 56.0 Å². The largest absolute Gasteiger partial charge is 0.381 e. The molecule has 2 amide bonds. The highest BCUT2D eigenvalue weighted by molar-refractivity contribution is 5.91. The minimum Gasteiger partial charge on any atom is -0.381 e. The van der Waals surface area contributed by atoms with E-state index in [1.54, 1.807) is 0 Å². The van der Waals surface area contributed by atoms with Gasteiger partial charge in [-0.2, -0.15) is 0 Å². The van der Waals surface area contributed by atoms with Gasteiger partial charge in [-0.25, -0.2) is 4.79 Å². The first kappa shape index (κ1) is 16.1. The molecular weight excluding hydrogens is 290 g/mol. The van der Waals surface area contributed by atoms with E-state index in [1.165, 1.54) is 0 Å². The van der Waals surface area contributed by atoms with Crippen molar-refractivity contribution < 1.29 is 9.53 Å². The molecule has 1 saturated heterocycles. The standard InChI is InChI=1S/C18H27N3O2/c1-13-16(5-4-6-17(13)20(2)3)19-18(22)21(15-7-8-15)11-14-9-10-23-12-14/h4-6,14-15H,7-12H2,1-3H3,(H,19,22)/t14-/m1/s1. The van der Waals surface area contributed by atoms with Crippen molar-refractivity contribution in [1.82, 2.24) is 4.90 Å². The van der Waals surface area contributed by atoms with Gasteiger partial charge in [0.25, 0.3) is 0 Å². The molecule has 5 heteroatoms. The summed E-state index contributed by atoms with van der Waals surface area (Å²) in [6, 6.07) is 6.47. The number of rotatable bonds is 5. The number of hydrogen-bond donors (Lipinski definition) is 1. The van der Waals surface area contributed by atoms with Crippen molar-refractivity contribution >= 4 is 17.4 Å². The molecule has 0 unspecified atom stereocenters. The van der Waals surface area contributed by atoms with E-state index in [9.17, 15) is 4.79 Å². The van der Waals surface area contributed by atoms with Gasteiger partial charge < -0.3 is 19.9 Å². The Balaban J connectivity index is 1.70. The summed E-state index contributed by atoms with van der Waals surface area (Å²) in [5.41, 5.74) is 3.13. The minimum atomic E-state index is 0.0263. The average molecular weight is 317 g/mol. The van der Waals surface area contributed by atoms with Gasteiger partial charge in [-0.3, -0.25) is 0 Å². The fraction of sp³-hybridized carbons (Fsp3) is 0.611. The Morgan fingerprint density at radius 3 is 2.70 bits per heavy atom. The Labute approximate surface area is 138 Å². The van der Waals surface area contributed by atoms with Gasteiger partial charge >= 0.3 is 6.03 Å². The summed E-state index contributed by atoms with van der Waals surface area (Å²) in [6.07, 6.45) is 3.31. The molecule has 1 aromatic carbocycles. The van der Waals surface area contributed by atoms with Crippen molar-refractivity contribution in [3.05, 3.63) is 23.8 Å². The summed E-state index contributed by atoms with van der Waals surface area (Å²) in [6.45, 7) is 4.47. The van der Waals surface area contributed by atoms with E-state index in [2.05, 4.69) is 23.2 Å². The highest BCUT2D eigenvalue weighted by Crippen LogP contribution is 2.31. The third-order valence-corrected chi connectivity index (χ3v) is 4.76. The first-order valence-electron chi connectivity index (χ1n) is 8.48. The maximum atomic E-state index is 12.8. The van der Waals surface area contributed by atoms with Gasteiger partial charge in [-0.1, -0.05) is 6.07 Å². The molecule has 0 spiro atoms. The summed E-state index contributed by atoms with van der Waals surface area (Å²) in [5, 5.41) is 3.12. The van der Waals surface area contributed by atoms with E-state index in [-0.39, 0.29) is 6.03 Å². The molecule has 1 N–H and O–H groups in total. The summed E-state index contributed by atoms with van der Waals surface area (Å²) in [7, 11) is 4.04. The zero-order valence-corrected chi connectivity index (χ0v) is 14.3. The van der Waals surface area contributed by atoms with Crippen molar-refractivity contribution in [2.24, 2.45) is 5.92 Å². The van der Waals surface area contributed by atoms with E-state index in [1.807, 2.05) is 31.1 Å². The van der Waals surface area contributed by atoms with Gasteiger partial charge in [0, 0.05) is 50.6 Å². The van der Waals surface area contributed by atoms with Crippen molar-refractivity contribution in [3.8, 4) is 0 Å². The van der Waals surface area contributed by atoms with Crippen LogP contribution in [0.15, 0.2) is 18.2 Å². The summed E-state index contributed by atoms with van der Waals surface area (Å²) >= 11 is 0. The van der Waals surface area contributed by atoms with Crippen LogP contribution in [0.4, 0.5) is 16.2 Å². The van der Waals surface area contributed by atoms with Crippen molar-refractivity contribution in [2.75, 3.05) is 44.1 Å². The van der Waals surface area contributed by atoms with Crippen LogP contribution in [0.5, 0.6) is 0 Å². The van der Waals surface area contributed by atoms with Gasteiger partial charge in [0.15, 0.2) is 0 Å². The normalized spacial score (nSPS) is 20.4. The molecule has 1 aliphatic heterocycles. The second-order valence-electron chi connectivity index (χ2n) is 6.89. The van der Waals surface area contributed by atoms with E-state index in [0.29, 0.717) is 12.0 Å². The van der Waals surface area contributed by atoms with Gasteiger partial charge in [0.1, 0.15) is 0 Å². The number of nitrogens with one attached hydrogen (secondary N) is 1. The Hall–Kier alpha value is -1.75. The predicted molar refractivity (Wildman–Crippen MR) is 93.2 cm³/mol. The van der Waals surface area contributed by atoms with Crippen LogP contribution in [0.3, 0.4) is 0 Å². The van der Waals surface area contributed by atoms with Gasteiger partial charge in [-0.15, -0.1) is 0 Å². The minimum absolute atomic E-state index is 0.0263. The lowest BCUT2D eigenvalue weighted by Gasteiger charge is -2.26. The third kappa shape index (κ3) is 3.78. The van der Waals surface area contributed by atoms with Crippen LogP contribution in [0, 0.1) is 12.8 Å². The Morgan fingerprint density at radius 2 is 2.09 bits per heavy atom. The number of ether oxygens (including phenoxy) is 1. The molecule has 1 saturated carbocycles. The molecule has 5 nitrogen and oxygen atoms in total. The number of carbonyl (C=O) groups is 1. The molecule has 1 aliphatic carbocycles. The topological polar surface area (TPSA) is 44.8 Å². The Kier molecular flexibility index (Phi) is 4.76. The fourth-order valence-electron chi connectivity index (χ4n) is 3.22. The van der Waals surface area contributed by atoms with Crippen molar-refractivity contribution in [2.45, 2.75) is 32.2 Å². The first-order valence-corrected chi connectivity index (χ1v) is 8.48. The molecule has 2 fully saturated rings. The SMILES string of the molecule is Cc1c(NC(=O)N(C[C@H]2CCOC2)C2CC2)cccc1N(C)C. The highest BCUT2D eigenvalue weighted by atomic mass is 16.5. The van der Waals surface area contributed by atoms with Crippen LogP contribution in [0.25, 0.3) is 0 Å². The molecule has 0 bridgehead atoms. The monoisotopic (exact) mass is 317 g/mol. The molecule has 2 aliphatic rings. The van der Waals surface area contributed by atoms with Gasteiger partial charge in [-0.05, 0) is 43.9 Å². The quantitative estimate of drug-likeness (QED) is 0.907. The number of urea groups is 1. The second-order valence-corrected chi connectivity index (χ2v) is 6.89. The number of anilines is 2. The second kappa shape index (κ2) is 6.79.